The molecule has 0 spiro atoms. The number of aryl methyl sites for hydroxylation is 1. The highest BCUT2D eigenvalue weighted by Crippen LogP contribution is 2.37. The normalized spacial score (nSPS) is 10.8. The Morgan fingerprint density at radius 1 is 1.21 bits per heavy atom. The monoisotopic (exact) mass is 401 g/mol. The average Bonchev–Trinajstić information content (AvgIpc) is 3.15. The van der Waals surface area contributed by atoms with Gasteiger partial charge in [0.2, 0.25) is 0 Å². The molecule has 5 nitrogen and oxygen atoms in total. The van der Waals surface area contributed by atoms with Crippen molar-refractivity contribution in [3.05, 3.63) is 81.2 Å². The molecule has 29 heavy (non-hydrogen) atoms. The summed E-state index contributed by atoms with van der Waals surface area (Å²) in [4.78, 5) is 19.8. The maximum Gasteiger partial charge on any atom is 0.263 e. The first kappa shape index (κ1) is 18.9. The zero-order valence-corrected chi connectivity index (χ0v) is 17.0. The van der Waals surface area contributed by atoms with E-state index in [1.54, 1.807) is 41.5 Å². The first-order valence-electron chi connectivity index (χ1n) is 9.29. The summed E-state index contributed by atoms with van der Waals surface area (Å²) in [6, 6.07) is 17.2. The molecule has 0 saturated heterocycles. The molecule has 144 valence electrons. The molecule has 4 rings (SSSR count). The fraction of sp³-hybridized carbons (Fsp3) is 0.174. The van der Waals surface area contributed by atoms with Gasteiger partial charge in [0.25, 0.3) is 5.56 Å². The fourth-order valence-electron chi connectivity index (χ4n) is 3.45. The molecule has 0 saturated carbocycles. The lowest BCUT2D eigenvalue weighted by molar-refractivity contribution is 0.415. The lowest BCUT2D eigenvalue weighted by Gasteiger charge is -2.08. The first-order chi connectivity index (χ1) is 14.1. The third-order valence-corrected chi connectivity index (χ3v) is 6.08. The highest BCUT2D eigenvalue weighted by molar-refractivity contribution is 7.19. The van der Waals surface area contributed by atoms with Crippen molar-refractivity contribution in [3.63, 3.8) is 0 Å². The van der Waals surface area contributed by atoms with Crippen LogP contribution in [-0.2, 0) is 13.0 Å². The van der Waals surface area contributed by atoms with Crippen LogP contribution in [-0.4, -0.2) is 16.7 Å². The zero-order chi connectivity index (χ0) is 20.4. The topological polar surface area (TPSA) is 67.9 Å². The Balaban J connectivity index is 1.89. The Labute approximate surface area is 172 Å². The van der Waals surface area contributed by atoms with Gasteiger partial charge in [-0.05, 0) is 41.8 Å². The van der Waals surface area contributed by atoms with E-state index >= 15 is 0 Å². The Kier molecular flexibility index (Phi) is 5.15. The summed E-state index contributed by atoms with van der Waals surface area (Å²) in [6.45, 7) is 2.45. The molecule has 0 atom stereocenters. The molecule has 0 fully saturated rings. The van der Waals surface area contributed by atoms with Gasteiger partial charge >= 0.3 is 0 Å². The van der Waals surface area contributed by atoms with Crippen LogP contribution in [0, 0.1) is 11.3 Å². The number of hydrogen-bond acceptors (Lipinski definition) is 5. The SMILES string of the molecule is CCc1sc2ncn(Cc3cccc(C#N)c3)c(=O)c2c1-c1cccc(OC)c1. The van der Waals surface area contributed by atoms with Crippen LogP contribution in [0.4, 0.5) is 0 Å². The van der Waals surface area contributed by atoms with Gasteiger partial charge in [0.1, 0.15) is 10.6 Å². The van der Waals surface area contributed by atoms with Gasteiger partial charge in [0.15, 0.2) is 0 Å². The highest BCUT2D eigenvalue weighted by atomic mass is 32.1. The van der Waals surface area contributed by atoms with Gasteiger partial charge < -0.3 is 4.74 Å². The summed E-state index contributed by atoms with van der Waals surface area (Å²) in [6.07, 6.45) is 2.41. The number of thiophene rings is 1. The summed E-state index contributed by atoms with van der Waals surface area (Å²) < 4.78 is 6.98. The third-order valence-electron chi connectivity index (χ3n) is 4.84. The Bertz CT molecular complexity index is 1300. The van der Waals surface area contributed by atoms with Crippen molar-refractivity contribution >= 4 is 21.6 Å². The molecule has 0 aliphatic rings. The molecule has 0 N–H and O–H groups in total. The van der Waals surface area contributed by atoms with Gasteiger partial charge in [0, 0.05) is 10.4 Å². The molecule has 4 aromatic rings. The summed E-state index contributed by atoms with van der Waals surface area (Å²) in [7, 11) is 1.63. The van der Waals surface area contributed by atoms with Crippen LogP contribution in [0.25, 0.3) is 21.3 Å². The van der Waals surface area contributed by atoms with E-state index in [0.29, 0.717) is 17.5 Å². The fourth-order valence-corrected chi connectivity index (χ4v) is 4.54. The number of hydrogen-bond donors (Lipinski definition) is 0. The molecule has 0 radical (unpaired) electrons. The van der Waals surface area contributed by atoms with Crippen LogP contribution in [0.5, 0.6) is 5.75 Å². The largest absolute Gasteiger partial charge is 0.497 e. The Hall–Kier alpha value is -3.43. The van der Waals surface area contributed by atoms with Crippen molar-refractivity contribution in [2.75, 3.05) is 7.11 Å². The van der Waals surface area contributed by atoms with Crippen molar-refractivity contribution in [1.82, 2.24) is 9.55 Å². The molecule has 0 aliphatic carbocycles. The van der Waals surface area contributed by atoms with E-state index in [0.717, 1.165) is 38.6 Å². The number of nitrogens with zero attached hydrogens (tertiary/aromatic N) is 3. The molecule has 2 aromatic heterocycles. The van der Waals surface area contributed by atoms with E-state index in [9.17, 15) is 4.79 Å². The molecule has 0 unspecified atom stereocenters. The molecule has 2 aromatic carbocycles. The van der Waals surface area contributed by atoms with E-state index in [2.05, 4.69) is 18.0 Å². The van der Waals surface area contributed by atoms with Gasteiger partial charge in [-0.3, -0.25) is 9.36 Å². The number of ether oxygens (including phenoxy) is 1. The van der Waals surface area contributed by atoms with Crippen LogP contribution in [0.1, 0.15) is 22.9 Å². The number of nitriles is 1. The molecular weight excluding hydrogens is 382 g/mol. The van der Waals surface area contributed by atoms with Crippen LogP contribution in [0.3, 0.4) is 0 Å². The number of benzene rings is 2. The molecule has 2 heterocycles. The quantitative estimate of drug-likeness (QED) is 0.489. The maximum atomic E-state index is 13.4. The second kappa shape index (κ2) is 7.90. The van der Waals surface area contributed by atoms with Crippen molar-refractivity contribution in [2.24, 2.45) is 0 Å². The summed E-state index contributed by atoms with van der Waals surface area (Å²) in [5.74, 6) is 0.751. The second-order valence-corrected chi connectivity index (χ2v) is 7.74. The van der Waals surface area contributed by atoms with E-state index in [4.69, 9.17) is 10.00 Å². The van der Waals surface area contributed by atoms with Crippen LogP contribution in [0.15, 0.2) is 59.7 Å². The van der Waals surface area contributed by atoms with Crippen LogP contribution in [0.2, 0.25) is 0 Å². The zero-order valence-electron chi connectivity index (χ0n) is 16.2. The summed E-state index contributed by atoms with van der Waals surface area (Å²) in [5.41, 5.74) is 3.28. The average molecular weight is 401 g/mol. The summed E-state index contributed by atoms with van der Waals surface area (Å²) >= 11 is 1.56. The highest BCUT2D eigenvalue weighted by Gasteiger charge is 2.18. The molecule has 0 amide bonds. The number of methoxy groups -OCH3 is 1. The maximum absolute atomic E-state index is 13.4. The van der Waals surface area contributed by atoms with Crippen LogP contribution < -0.4 is 10.3 Å². The number of fused-ring (bicyclic) bond motifs is 1. The van der Waals surface area contributed by atoms with E-state index in [1.165, 1.54) is 0 Å². The van der Waals surface area contributed by atoms with Gasteiger partial charge in [0.05, 0.1) is 37.0 Å². The third kappa shape index (κ3) is 3.53. The Morgan fingerprint density at radius 2 is 2.03 bits per heavy atom. The molecular formula is C23H19N3O2S. The lowest BCUT2D eigenvalue weighted by atomic mass is 10.0. The summed E-state index contributed by atoms with van der Waals surface area (Å²) in [5, 5.41) is 9.76. The second-order valence-electron chi connectivity index (χ2n) is 6.66. The number of aromatic nitrogens is 2. The first-order valence-corrected chi connectivity index (χ1v) is 10.1. The van der Waals surface area contributed by atoms with Gasteiger partial charge in [-0.15, -0.1) is 11.3 Å². The Morgan fingerprint density at radius 3 is 2.79 bits per heavy atom. The molecule has 6 heteroatoms. The number of rotatable bonds is 5. The smallest absolute Gasteiger partial charge is 0.263 e. The predicted octanol–water partition coefficient (Wildman–Crippen LogP) is 4.62. The van der Waals surface area contributed by atoms with E-state index in [1.807, 2.05) is 36.4 Å². The predicted molar refractivity (Wildman–Crippen MR) is 116 cm³/mol. The van der Waals surface area contributed by atoms with E-state index in [-0.39, 0.29) is 5.56 Å². The molecule has 0 aliphatic heterocycles. The minimum Gasteiger partial charge on any atom is -0.497 e. The molecule has 0 bridgehead atoms. The van der Waals surface area contributed by atoms with Crippen molar-refractivity contribution in [1.29, 1.82) is 5.26 Å². The van der Waals surface area contributed by atoms with Crippen molar-refractivity contribution in [3.8, 4) is 22.9 Å². The van der Waals surface area contributed by atoms with Gasteiger partial charge in [-0.25, -0.2) is 4.98 Å². The van der Waals surface area contributed by atoms with Crippen LogP contribution >= 0.6 is 11.3 Å². The minimum atomic E-state index is -0.0777. The van der Waals surface area contributed by atoms with Gasteiger partial charge in [-0.1, -0.05) is 31.2 Å². The standard InChI is InChI=1S/C23H19N3O2S/c1-3-19-20(17-8-5-9-18(11-17)28-2)21-22(29-19)25-14-26(23(21)27)13-16-7-4-6-15(10-16)12-24/h4-11,14H,3,13H2,1-2H3. The lowest BCUT2D eigenvalue weighted by Crippen LogP contribution is -2.21. The van der Waals surface area contributed by atoms with Crippen molar-refractivity contribution in [2.45, 2.75) is 19.9 Å². The van der Waals surface area contributed by atoms with Gasteiger partial charge in [-0.2, -0.15) is 5.26 Å². The van der Waals surface area contributed by atoms with Crippen molar-refractivity contribution < 1.29 is 4.74 Å². The minimum absolute atomic E-state index is 0.0777. The van der Waals surface area contributed by atoms with E-state index < -0.39 is 0 Å².